The van der Waals surface area contributed by atoms with Crippen molar-refractivity contribution in [3.05, 3.63) is 29.8 Å². The maximum Gasteiger partial charge on any atom is 0.258 e. The summed E-state index contributed by atoms with van der Waals surface area (Å²) in [6, 6.07) is 8.68. The van der Waals surface area contributed by atoms with Gasteiger partial charge in [-0.1, -0.05) is 12.1 Å². The molecule has 0 aromatic heterocycles. The first kappa shape index (κ1) is 13.0. The van der Waals surface area contributed by atoms with Gasteiger partial charge >= 0.3 is 0 Å². The Bertz CT molecular complexity index is 424. The van der Waals surface area contributed by atoms with Crippen molar-refractivity contribution >= 4 is 5.91 Å². The molecule has 1 aromatic rings. The molecule has 1 atom stereocenters. The number of nitriles is 1. The quantitative estimate of drug-likeness (QED) is 0.737. The van der Waals surface area contributed by atoms with Gasteiger partial charge in [0, 0.05) is 0 Å². The fourth-order valence-electron chi connectivity index (χ4n) is 1.20. The van der Waals surface area contributed by atoms with Crippen LogP contribution in [0.25, 0.3) is 0 Å². The summed E-state index contributed by atoms with van der Waals surface area (Å²) in [7, 11) is 0. The van der Waals surface area contributed by atoms with Crippen molar-refractivity contribution in [1.82, 2.24) is 5.32 Å². The minimum atomic E-state index is -0.578. The maximum atomic E-state index is 11.2. The van der Waals surface area contributed by atoms with Crippen LogP contribution in [0.2, 0.25) is 0 Å². The lowest BCUT2D eigenvalue weighted by Crippen LogP contribution is -2.29. The molecule has 0 heterocycles. The van der Waals surface area contributed by atoms with Gasteiger partial charge in [0.05, 0.1) is 12.2 Å². The topological polar surface area (TPSA) is 82.3 Å². The van der Waals surface area contributed by atoms with Gasteiger partial charge in [-0.05, 0) is 24.6 Å². The van der Waals surface area contributed by atoms with E-state index in [1.165, 1.54) is 0 Å². The van der Waals surface area contributed by atoms with Crippen LogP contribution in [0.1, 0.15) is 18.6 Å². The van der Waals surface area contributed by atoms with Crippen molar-refractivity contribution in [3.8, 4) is 11.8 Å². The summed E-state index contributed by atoms with van der Waals surface area (Å²) in [5.74, 6) is 0.157. The van der Waals surface area contributed by atoms with E-state index in [9.17, 15) is 9.90 Å². The van der Waals surface area contributed by atoms with Gasteiger partial charge in [0.15, 0.2) is 6.61 Å². The van der Waals surface area contributed by atoms with Gasteiger partial charge in [-0.2, -0.15) is 5.26 Å². The second-order valence-corrected chi connectivity index (χ2v) is 3.47. The summed E-state index contributed by atoms with van der Waals surface area (Å²) in [5.41, 5.74) is 0.722. The number of hydrogen-bond acceptors (Lipinski definition) is 4. The second kappa shape index (κ2) is 6.51. The number of carbonyl (C=O) groups is 1. The van der Waals surface area contributed by atoms with Gasteiger partial charge in [-0.3, -0.25) is 4.79 Å². The van der Waals surface area contributed by atoms with Crippen molar-refractivity contribution in [2.24, 2.45) is 0 Å². The van der Waals surface area contributed by atoms with E-state index in [2.05, 4.69) is 5.32 Å². The summed E-state index contributed by atoms with van der Waals surface area (Å²) >= 11 is 0. The predicted molar refractivity (Wildman–Crippen MR) is 61.2 cm³/mol. The number of benzene rings is 1. The number of aliphatic hydroxyl groups excluding tert-OH is 1. The number of nitrogens with zero attached hydrogens (tertiary/aromatic N) is 1. The van der Waals surface area contributed by atoms with Crippen molar-refractivity contribution in [2.45, 2.75) is 13.0 Å². The van der Waals surface area contributed by atoms with E-state index >= 15 is 0 Å². The van der Waals surface area contributed by atoms with E-state index in [1.807, 2.05) is 0 Å². The molecule has 17 heavy (non-hydrogen) atoms. The standard InChI is InChI=1S/C12H14N2O3/c1-9(15)10-3-2-4-11(7-10)17-8-12(16)14-6-5-13/h2-4,7,9,15H,6,8H2,1H3,(H,14,16). The molecular weight excluding hydrogens is 220 g/mol. The van der Waals surface area contributed by atoms with Crippen LogP contribution in [0.15, 0.2) is 24.3 Å². The van der Waals surface area contributed by atoms with Crippen molar-refractivity contribution in [1.29, 1.82) is 5.26 Å². The first-order chi connectivity index (χ1) is 8.13. The summed E-state index contributed by atoms with van der Waals surface area (Å²) in [6.45, 7) is 1.47. The SMILES string of the molecule is CC(O)c1cccc(OCC(=O)NCC#N)c1. The number of amides is 1. The average molecular weight is 234 g/mol. The van der Waals surface area contributed by atoms with E-state index in [0.717, 1.165) is 5.56 Å². The van der Waals surface area contributed by atoms with Crippen LogP contribution in [-0.4, -0.2) is 24.2 Å². The first-order valence-corrected chi connectivity index (χ1v) is 5.18. The molecule has 90 valence electrons. The molecule has 2 N–H and O–H groups in total. The van der Waals surface area contributed by atoms with Gasteiger partial charge < -0.3 is 15.2 Å². The fraction of sp³-hybridized carbons (Fsp3) is 0.333. The van der Waals surface area contributed by atoms with Gasteiger partial charge in [0.25, 0.3) is 5.91 Å². The molecule has 0 aliphatic rings. The average Bonchev–Trinajstić information content (AvgIpc) is 2.34. The normalized spacial score (nSPS) is 11.4. The Morgan fingerprint density at radius 1 is 1.65 bits per heavy atom. The molecule has 0 spiro atoms. The van der Waals surface area contributed by atoms with Crippen LogP contribution in [-0.2, 0) is 4.79 Å². The van der Waals surface area contributed by atoms with Crippen molar-refractivity contribution in [3.63, 3.8) is 0 Å². The van der Waals surface area contributed by atoms with Crippen LogP contribution in [0.4, 0.5) is 0 Å². The number of rotatable bonds is 5. The Balaban J connectivity index is 2.49. The molecule has 0 aliphatic carbocycles. The van der Waals surface area contributed by atoms with Crippen LogP contribution in [0.3, 0.4) is 0 Å². The summed E-state index contributed by atoms with van der Waals surface area (Å²) in [4.78, 5) is 11.2. The molecule has 1 amide bonds. The number of aliphatic hydroxyl groups is 1. The van der Waals surface area contributed by atoms with Crippen LogP contribution < -0.4 is 10.1 Å². The zero-order valence-electron chi connectivity index (χ0n) is 9.51. The largest absolute Gasteiger partial charge is 0.484 e. The highest BCUT2D eigenvalue weighted by molar-refractivity contribution is 5.77. The number of nitrogens with one attached hydrogen (secondary N) is 1. The number of hydrogen-bond donors (Lipinski definition) is 2. The van der Waals surface area contributed by atoms with E-state index in [1.54, 1.807) is 37.3 Å². The van der Waals surface area contributed by atoms with Crippen molar-refractivity contribution < 1.29 is 14.6 Å². The summed E-state index contributed by atoms with van der Waals surface area (Å²) in [5, 5.41) is 20.0. The molecule has 1 aromatic carbocycles. The van der Waals surface area contributed by atoms with Gasteiger partial charge in [-0.15, -0.1) is 0 Å². The van der Waals surface area contributed by atoms with Gasteiger partial charge in [0.1, 0.15) is 12.3 Å². The molecule has 1 rings (SSSR count). The predicted octanol–water partition coefficient (Wildman–Crippen LogP) is 0.758. The minimum Gasteiger partial charge on any atom is -0.484 e. The molecule has 0 saturated carbocycles. The lowest BCUT2D eigenvalue weighted by Gasteiger charge is -2.09. The van der Waals surface area contributed by atoms with E-state index in [0.29, 0.717) is 5.75 Å². The third kappa shape index (κ3) is 4.53. The zero-order valence-corrected chi connectivity index (χ0v) is 9.51. The number of carbonyl (C=O) groups excluding carboxylic acids is 1. The Morgan fingerprint density at radius 2 is 2.41 bits per heavy atom. The highest BCUT2D eigenvalue weighted by Gasteiger charge is 2.04. The maximum absolute atomic E-state index is 11.2. The Kier molecular flexibility index (Phi) is 4.98. The van der Waals surface area contributed by atoms with Gasteiger partial charge in [-0.25, -0.2) is 0 Å². The van der Waals surface area contributed by atoms with E-state index < -0.39 is 6.10 Å². The van der Waals surface area contributed by atoms with Crippen LogP contribution in [0, 0.1) is 11.3 Å². The third-order valence-electron chi connectivity index (χ3n) is 2.08. The van der Waals surface area contributed by atoms with Crippen LogP contribution in [0.5, 0.6) is 5.75 Å². The van der Waals surface area contributed by atoms with Gasteiger partial charge in [0.2, 0.25) is 0 Å². The van der Waals surface area contributed by atoms with Crippen molar-refractivity contribution in [2.75, 3.05) is 13.2 Å². The lowest BCUT2D eigenvalue weighted by atomic mass is 10.1. The smallest absolute Gasteiger partial charge is 0.258 e. The molecule has 1 unspecified atom stereocenters. The van der Waals surface area contributed by atoms with Crippen LogP contribution >= 0.6 is 0 Å². The molecule has 0 saturated heterocycles. The lowest BCUT2D eigenvalue weighted by molar-refractivity contribution is -0.122. The fourth-order valence-corrected chi connectivity index (χ4v) is 1.20. The Labute approximate surface area is 99.6 Å². The first-order valence-electron chi connectivity index (χ1n) is 5.18. The second-order valence-electron chi connectivity index (χ2n) is 3.47. The Morgan fingerprint density at radius 3 is 3.06 bits per heavy atom. The van der Waals surface area contributed by atoms with E-state index in [4.69, 9.17) is 10.00 Å². The molecular formula is C12H14N2O3. The molecule has 5 nitrogen and oxygen atoms in total. The molecule has 0 aliphatic heterocycles. The number of ether oxygens (including phenoxy) is 1. The summed E-state index contributed by atoms with van der Waals surface area (Å²) in [6.07, 6.45) is -0.578. The summed E-state index contributed by atoms with van der Waals surface area (Å²) < 4.78 is 5.22. The zero-order chi connectivity index (χ0) is 12.7. The monoisotopic (exact) mass is 234 g/mol. The Hall–Kier alpha value is -2.06. The highest BCUT2D eigenvalue weighted by atomic mass is 16.5. The third-order valence-corrected chi connectivity index (χ3v) is 2.08. The molecule has 0 bridgehead atoms. The van der Waals surface area contributed by atoms with E-state index in [-0.39, 0.29) is 19.1 Å². The highest BCUT2D eigenvalue weighted by Crippen LogP contribution is 2.18. The molecule has 0 radical (unpaired) electrons. The molecule has 0 fully saturated rings. The minimum absolute atomic E-state index is 0.0318. The molecule has 5 heteroatoms.